The molecule has 2 rings (SSSR count). The number of carbonyl (C=O) groups is 1. The van der Waals surface area contributed by atoms with E-state index in [4.69, 9.17) is 5.11 Å². The quantitative estimate of drug-likeness (QED) is 0.908. The highest BCUT2D eigenvalue weighted by Crippen LogP contribution is 2.38. The molecule has 1 N–H and O–H groups in total. The number of aliphatic carboxylic acids is 1. The van der Waals surface area contributed by atoms with Crippen molar-refractivity contribution >= 4 is 37.3 Å². The van der Waals surface area contributed by atoms with Crippen LogP contribution in [0.15, 0.2) is 33.0 Å². The van der Waals surface area contributed by atoms with Crippen molar-refractivity contribution in [3.05, 3.63) is 33.6 Å². The van der Waals surface area contributed by atoms with Crippen molar-refractivity contribution in [2.75, 3.05) is 0 Å². The van der Waals surface area contributed by atoms with Gasteiger partial charge in [-0.3, -0.25) is 4.79 Å². The van der Waals surface area contributed by atoms with Crippen LogP contribution in [0.4, 0.5) is 0 Å². The molecule has 0 aliphatic carbocycles. The van der Waals surface area contributed by atoms with Gasteiger partial charge in [-0.05, 0) is 30.2 Å². The van der Waals surface area contributed by atoms with E-state index < -0.39 is 21.7 Å². The van der Waals surface area contributed by atoms with Gasteiger partial charge < -0.3 is 5.11 Å². The van der Waals surface area contributed by atoms with E-state index in [1.807, 2.05) is 0 Å². The lowest BCUT2D eigenvalue weighted by atomic mass is 9.96. The Bertz CT molecular complexity index is 631. The molecule has 1 aromatic carbocycles. The van der Waals surface area contributed by atoms with E-state index in [-0.39, 0.29) is 4.90 Å². The van der Waals surface area contributed by atoms with Gasteiger partial charge in [0.05, 0.1) is 10.8 Å². The Morgan fingerprint density at radius 3 is 2.65 bits per heavy atom. The molecule has 1 unspecified atom stereocenters. The molecular formula is C11H9BrO4S. The molecule has 0 saturated carbocycles. The summed E-state index contributed by atoms with van der Waals surface area (Å²) >= 11 is 3.20. The monoisotopic (exact) mass is 316 g/mol. The van der Waals surface area contributed by atoms with E-state index in [2.05, 4.69) is 15.9 Å². The molecule has 6 heteroatoms. The van der Waals surface area contributed by atoms with Crippen molar-refractivity contribution in [2.45, 2.75) is 11.8 Å². The fraction of sp³-hybridized carbons (Fsp3) is 0.182. The molecule has 1 aromatic rings. The third-order valence-corrected chi connectivity index (χ3v) is 4.69. The van der Waals surface area contributed by atoms with Gasteiger partial charge in [-0.2, -0.15) is 0 Å². The maximum atomic E-state index is 11.9. The normalized spacial score (nSPS) is 18.4. The fourth-order valence-electron chi connectivity index (χ4n) is 1.73. The van der Waals surface area contributed by atoms with Gasteiger partial charge in [0, 0.05) is 9.88 Å². The van der Waals surface area contributed by atoms with Crippen molar-refractivity contribution < 1.29 is 18.3 Å². The van der Waals surface area contributed by atoms with Gasteiger partial charge in [0.2, 0.25) is 9.84 Å². The van der Waals surface area contributed by atoms with Crippen molar-refractivity contribution in [1.82, 2.24) is 0 Å². The number of halogens is 1. The lowest BCUT2D eigenvalue weighted by molar-refractivity contribution is -0.139. The topological polar surface area (TPSA) is 71.4 Å². The van der Waals surface area contributed by atoms with Crippen LogP contribution in [-0.4, -0.2) is 19.5 Å². The predicted octanol–water partition coefficient (Wildman–Crippen LogP) is 2.30. The van der Waals surface area contributed by atoms with Crippen LogP contribution >= 0.6 is 15.9 Å². The van der Waals surface area contributed by atoms with Gasteiger partial charge in [0.1, 0.15) is 0 Å². The zero-order valence-electron chi connectivity index (χ0n) is 8.84. The van der Waals surface area contributed by atoms with Crippen molar-refractivity contribution in [2.24, 2.45) is 5.92 Å². The van der Waals surface area contributed by atoms with E-state index in [9.17, 15) is 13.2 Å². The maximum Gasteiger partial charge on any atom is 0.310 e. The first-order chi connectivity index (χ1) is 7.83. The number of rotatable bonds is 2. The van der Waals surface area contributed by atoms with E-state index in [0.29, 0.717) is 15.6 Å². The van der Waals surface area contributed by atoms with Crippen molar-refractivity contribution in [3.63, 3.8) is 0 Å². The van der Waals surface area contributed by atoms with Crippen LogP contribution in [0.2, 0.25) is 0 Å². The lowest BCUT2D eigenvalue weighted by Crippen LogP contribution is -2.10. The number of benzene rings is 1. The summed E-state index contributed by atoms with van der Waals surface area (Å²) in [4.78, 5) is 11.1. The molecule has 0 spiro atoms. The maximum absolute atomic E-state index is 11.9. The van der Waals surface area contributed by atoms with Gasteiger partial charge in [0.15, 0.2) is 0 Å². The summed E-state index contributed by atoms with van der Waals surface area (Å²) < 4.78 is 24.4. The molecule has 0 bridgehead atoms. The summed E-state index contributed by atoms with van der Waals surface area (Å²) in [6.07, 6.45) is 0. The van der Waals surface area contributed by atoms with Crippen molar-refractivity contribution in [3.8, 4) is 0 Å². The lowest BCUT2D eigenvalue weighted by Gasteiger charge is -2.08. The highest BCUT2D eigenvalue weighted by Gasteiger charge is 2.32. The number of hydrogen-bond acceptors (Lipinski definition) is 3. The summed E-state index contributed by atoms with van der Waals surface area (Å²) in [6.45, 7) is 1.47. The van der Waals surface area contributed by atoms with Gasteiger partial charge in [-0.1, -0.05) is 22.0 Å². The average Bonchev–Trinajstić information content (AvgIpc) is 2.50. The number of fused-ring (bicyclic) bond motifs is 1. The molecule has 0 fully saturated rings. The SMILES string of the molecule is CC(C(=O)O)C1=CS(=O)(=O)c2cc(Br)ccc21. The van der Waals surface area contributed by atoms with Gasteiger partial charge in [-0.25, -0.2) is 8.42 Å². The van der Waals surface area contributed by atoms with E-state index in [0.717, 1.165) is 5.41 Å². The van der Waals surface area contributed by atoms with Crippen molar-refractivity contribution in [1.29, 1.82) is 0 Å². The Morgan fingerprint density at radius 1 is 1.41 bits per heavy atom. The third-order valence-electron chi connectivity index (χ3n) is 2.68. The van der Waals surface area contributed by atoms with Gasteiger partial charge >= 0.3 is 5.97 Å². The van der Waals surface area contributed by atoms with Crippen LogP contribution in [0.3, 0.4) is 0 Å². The zero-order chi connectivity index (χ0) is 12.8. The first kappa shape index (κ1) is 12.3. The van der Waals surface area contributed by atoms with Crippen LogP contribution in [0.1, 0.15) is 12.5 Å². The van der Waals surface area contributed by atoms with Crippen LogP contribution < -0.4 is 0 Å². The molecule has 0 aromatic heterocycles. The van der Waals surface area contributed by atoms with E-state index in [1.54, 1.807) is 12.1 Å². The van der Waals surface area contributed by atoms with Crippen LogP contribution in [0.25, 0.3) is 5.57 Å². The Labute approximate surface area is 107 Å². The summed E-state index contributed by atoms with van der Waals surface area (Å²) in [5.74, 6) is -1.88. The second-order valence-corrected chi connectivity index (χ2v) is 6.50. The highest BCUT2D eigenvalue weighted by molar-refractivity contribution is 9.10. The molecular weight excluding hydrogens is 308 g/mol. The number of sulfone groups is 1. The minimum absolute atomic E-state index is 0.162. The third kappa shape index (κ3) is 2.02. The number of carboxylic acids is 1. The smallest absolute Gasteiger partial charge is 0.310 e. The molecule has 1 aliphatic rings. The average molecular weight is 317 g/mol. The largest absolute Gasteiger partial charge is 0.481 e. The molecule has 4 nitrogen and oxygen atoms in total. The minimum Gasteiger partial charge on any atom is -0.481 e. The fourth-order valence-corrected chi connectivity index (χ4v) is 3.82. The molecule has 1 aliphatic heterocycles. The first-order valence-corrected chi connectivity index (χ1v) is 7.16. The Kier molecular flexibility index (Phi) is 2.87. The molecule has 0 radical (unpaired) electrons. The van der Waals surface area contributed by atoms with Crippen LogP contribution in [0, 0.1) is 5.92 Å². The van der Waals surface area contributed by atoms with Gasteiger partial charge in [-0.15, -0.1) is 0 Å². The molecule has 17 heavy (non-hydrogen) atoms. The van der Waals surface area contributed by atoms with E-state index >= 15 is 0 Å². The predicted molar refractivity (Wildman–Crippen MR) is 66.1 cm³/mol. The summed E-state index contributed by atoms with van der Waals surface area (Å²) in [5, 5.41) is 9.99. The molecule has 1 heterocycles. The molecule has 0 amide bonds. The van der Waals surface area contributed by atoms with Crippen LogP contribution in [-0.2, 0) is 14.6 Å². The number of hydrogen-bond donors (Lipinski definition) is 1. The second kappa shape index (κ2) is 3.96. The molecule has 0 saturated heterocycles. The Balaban J connectivity index is 2.66. The molecule has 1 atom stereocenters. The summed E-state index contributed by atoms with van der Waals surface area (Å²) in [6, 6.07) is 4.81. The first-order valence-electron chi connectivity index (χ1n) is 4.82. The standard InChI is InChI=1S/C11H9BrO4S/c1-6(11(13)14)9-5-17(15,16)10-4-7(12)2-3-8(9)10/h2-6H,1H3,(H,13,14). The minimum atomic E-state index is -3.51. The van der Waals surface area contributed by atoms with E-state index in [1.165, 1.54) is 13.0 Å². The molecule has 90 valence electrons. The Morgan fingerprint density at radius 2 is 2.06 bits per heavy atom. The Hall–Kier alpha value is -1.14. The highest BCUT2D eigenvalue weighted by atomic mass is 79.9. The van der Waals surface area contributed by atoms with Crippen LogP contribution in [0.5, 0.6) is 0 Å². The van der Waals surface area contributed by atoms with Gasteiger partial charge in [0.25, 0.3) is 0 Å². The summed E-state index contributed by atoms with van der Waals surface area (Å²) in [5.41, 5.74) is 0.808. The second-order valence-electron chi connectivity index (χ2n) is 3.82. The zero-order valence-corrected chi connectivity index (χ0v) is 11.2. The summed E-state index contributed by atoms with van der Waals surface area (Å²) in [7, 11) is -3.51. The number of carboxylic acid groups (broad SMARTS) is 1.